The molecular weight excluding hydrogens is 270 g/mol. The van der Waals surface area contributed by atoms with E-state index in [0.717, 1.165) is 5.56 Å². The second kappa shape index (κ2) is 6.44. The van der Waals surface area contributed by atoms with E-state index >= 15 is 0 Å². The Morgan fingerprint density at radius 3 is 2.48 bits per heavy atom. The van der Waals surface area contributed by atoms with Gasteiger partial charge in [-0.2, -0.15) is 5.26 Å². The molecule has 0 aliphatic rings. The maximum Gasteiger partial charge on any atom is 0.162 e. The van der Waals surface area contributed by atoms with E-state index in [0.29, 0.717) is 17.1 Å². The van der Waals surface area contributed by atoms with E-state index in [4.69, 9.17) is 14.7 Å². The maximum absolute atomic E-state index is 10.7. The smallest absolute Gasteiger partial charge is 0.162 e. The van der Waals surface area contributed by atoms with Crippen molar-refractivity contribution in [3.05, 3.63) is 59.2 Å². The van der Waals surface area contributed by atoms with Gasteiger partial charge in [0.1, 0.15) is 6.61 Å². The van der Waals surface area contributed by atoms with Gasteiger partial charge in [-0.3, -0.25) is 0 Å². The highest BCUT2D eigenvalue weighted by Crippen LogP contribution is 2.28. The van der Waals surface area contributed by atoms with Crippen LogP contribution in [0.15, 0.2) is 42.5 Å². The highest BCUT2D eigenvalue weighted by molar-refractivity contribution is 5.85. The van der Waals surface area contributed by atoms with Crippen LogP contribution in [-0.2, 0) is 6.61 Å². The fourth-order valence-corrected chi connectivity index (χ4v) is 1.75. The van der Waals surface area contributed by atoms with E-state index in [1.165, 1.54) is 19.2 Å². The highest BCUT2D eigenvalue weighted by atomic mass is 16.5. The zero-order valence-electron chi connectivity index (χ0n) is 11.3. The SMILES string of the molecule is COc1cc(C#N)ccc1OCc1ccc(C(=O)[O-])cc1. The topological polar surface area (TPSA) is 82.4 Å². The van der Waals surface area contributed by atoms with Crippen LogP contribution in [0.25, 0.3) is 0 Å². The van der Waals surface area contributed by atoms with Crippen molar-refractivity contribution in [1.29, 1.82) is 5.26 Å². The molecular formula is C16H12NO4-. The molecule has 0 aliphatic carbocycles. The summed E-state index contributed by atoms with van der Waals surface area (Å²) >= 11 is 0. The number of aromatic carboxylic acids is 1. The van der Waals surface area contributed by atoms with Gasteiger partial charge in [0.15, 0.2) is 11.5 Å². The van der Waals surface area contributed by atoms with Crippen molar-refractivity contribution < 1.29 is 19.4 Å². The minimum Gasteiger partial charge on any atom is -0.545 e. The van der Waals surface area contributed by atoms with Crippen molar-refractivity contribution in [2.45, 2.75) is 6.61 Å². The maximum atomic E-state index is 10.7. The predicted octanol–water partition coefficient (Wildman–Crippen LogP) is 1.51. The standard InChI is InChI=1S/C16H13NO4/c1-20-15-8-12(9-17)4-7-14(15)21-10-11-2-5-13(6-3-11)16(18)19/h2-8H,10H2,1H3,(H,18,19)/p-1. The summed E-state index contributed by atoms with van der Waals surface area (Å²) < 4.78 is 10.8. The minimum atomic E-state index is -1.21. The Bertz CT molecular complexity index is 686. The molecule has 0 atom stereocenters. The van der Waals surface area contributed by atoms with Crippen molar-refractivity contribution >= 4 is 5.97 Å². The lowest BCUT2D eigenvalue weighted by Crippen LogP contribution is -2.22. The van der Waals surface area contributed by atoms with Gasteiger partial charge in [-0.1, -0.05) is 24.3 Å². The molecule has 0 bridgehead atoms. The van der Waals surface area contributed by atoms with Gasteiger partial charge in [0.25, 0.3) is 0 Å². The Labute approximate surface area is 122 Å². The summed E-state index contributed by atoms with van der Waals surface area (Å²) in [4.78, 5) is 10.7. The normalized spacial score (nSPS) is 9.71. The van der Waals surface area contributed by atoms with Gasteiger partial charge in [0.05, 0.1) is 24.7 Å². The largest absolute Gasteiger partial charge is 0.545 e. The van der Waals surface area contributed by atoms with Gasteiger partial charge in [-0.05, 0) is 23.3 Å². The van der Waals surface area contributed by atoms with E-state index in [1.807, 2.05) is 6.07 Å². The molecule has 0 amide bonds. The minimum absolute atomic E-state index is 0.120. The number of carboxylic acids is 1. The molecule has 0 saturated carbocycles. The molecule has 0 radical (unpaired) electrons. The summed E-state index contributed by atoms with van der Waals surface area (Å²) in [6.07, 6.45) is 0. The number of nitriles is 1. The molecule has 0 N–H and O–H groups in total. The second-order valence-corrected chi connectivity index (χ2v) is 4.25. The molecule has 2 aromatic carbocycles. The molecule has 2 aromatic rings. The molecule has 0 aromatic heterocycles. The summed E-state index contributed by atoms with van der Waals surface area (Å²) in [5, 5.41) is 19.5. The van der Waals surface area contributed by atoms with Gasteiger partial charge in [0, 0.05) is 6.07 Å². The van der Waals surface area contributed by atoms with Crippen LogP contribution in [0, 0.1) is 11.3 Å². The fourth-order valence-electron chi connectivity index (χ4n) is 1.75. The average molecular weight is 282 g/mol. The first-order valence-corrected chi connectivity index (χ1v) is 6.15. The van der Waals surface area contributed by atoms with E-state index in [9.17, 15) is 9.90 Å². The van der Waals surface area contributed by atoms with Crippen molar-refractivity contribution in [3.8, 4) is 17.6 Å². The molecule has 21 heavy (non-hydrogen) atoms. The van der Waals surface area contributed by atoms with Crippen LogP contribution in [0.3, 0.4) is 0 Å². The molecule has 106 valence electrons. The third-order valence-electron chi connectivity index (χ3n) is 2.88. The van der Waals surface area contributed by atoms with Crippen LogP contribution in [-0.4, -0.2) is 13.1 Å². The third kappa shape index (κ3) is 3.51. The average Bonchev–Trinajstić information content (AvgIpc) is 2.53. The fraction of sp³-hybridized carbons (Fsp3) is 0.125. The Morgan fingerprint density at radius 2 is 1.90 bits per heavy atom. The van der Waals surface area contributed by atoms with E-state index in [1.54, 1.807) is 30.3 Å². The molecule has 0 spiro atoms. The van der Waals surface area contributed by atoms with Crippen molar-refractivity contribution in [1.82, 2.24) is 0 Å². The number of carboxylic acid groups (broad SMARTS) is 1. The number of carbonyl (C=O) groups is 1. The molecule has 0 saturated heterocycles. The van der Waals surface area contributed by atoms with Gasteiger partial charge >= 0.3 is 0 Å². The lowest BCUT2D eigenvalue weighted by molar-refractivity contribution is -0.255. The first-order chi connectivity index (χ1) is 10.1. The van der Waals surface area contributed by atoms with Crippen molar-refractivity contribution in [2.75, 3.05) is 7.11 Å². The first-order valence-electron chi connectivity index (χ1n) is 6.15. The Balaban J connectivity index is 2.09. The summed E-state index contributed by atoms with van der Waals surface area (Å²) in [7, 11) is 1.50. The summed E-state index contributed by atoms with van der Waals surface area (Å²) in [6, 6.07) is 13.1. The number of methoxy groups -OCH3 is 1. The van der Waals surface area contributed by atoms with Crippen LogP contribution in [0.4, 0.5) is 0 Å². The molecule has 2 rings (SSSR count). The molecule has 5 heteroatoms. The van der Waals surface area contributed by atoms with Crippen molar-refractivity contribution in [2.24, 2.45) is 0 Å². The third-order valence-corrected chi connectivity index (χ3v) is 2.88. The Morgan fingerprint density at radius 1 is 1.19 bits per heavy atom. The molecule has 0 aliphatic heterocycles. The van der Waals surface area contributed by atoms with Gasteiger partial charge < -0.3 is 19.4 Å². The van der Waals surface area contributed by atoms with Crippen LogP contribution in [0.5, 0.6) is 11.5 Å². The molecule has 0 heterocycles. The first kappa shape index (κ1) is 14.4. The number of hydrogen-bond donors (Lipinski definition) is 0. The number of ether oxygens (including phenoxy) is 2. The van der Waals surface area contributed by atoms with E-state index in [-0.39, 0.29) is 12.2 Å². The Hall–Kier alpha value is -3.00. The van der Waals surface area contributed by atoms with Crippen LogP contribution in [0.2, 0.25) is 0 Å². The van der Waals surface area contributed by atoms with Crippen LogP contribution < -0.4 is 14.6 Å². The summed E-state index contributed by atoms with van der Waals surface area (Å²) in [6.45, 7) is 0.260. The predicted molar refractivity (Wildman–Crippen MR) is 72.8 cm³/mol. The van der Waals surface area contributed by atoms with Gasteiger partial charge in [-0.15, -0.1) is 0 Å². The number of nitrogens with zero attached hydrogens (tertiary/aromatic N) is 1. The summed E-state index contributed by atoms with van der Waals surface area (Å²) in [5.41, 5.74) is 1.42. The monoisotopic (exact) mass is 282 g/mol. The Kier molecular flexibility index (Phi) is 4.42. The molecule has 0 fully saturated rings. The molecule has 0 unspecified atom stereocenters. The second-order valence-electron chi connectivity index (χ2n) is 4.25. The zero-order chi connectivity index (χ0) is 15.2. The zero-order valence-corrected chi connectivity index (χ0v) is 11.3. The van der Waals surface area contributed by atoms with E-state index in [2.05, 4.69) is 0 Å². The molecule has 5 nitrogen and oxygen atoms in total. The lowest BCUT2D eigenvalue weighted by Gasteiger charge is -2.11. The lowest BCUT2D eigenvalue weighted by atomic mass is 10.1. The van der Waals surface area contributed by atoms with Crippen molar-refractivity contribution in [3.63, 3.8) is 0 Å². The van der Waals surface area contributed by atoms with Gasteiger partial charge in [-0.25, -0.2) is 0 Å². The van der Waals surface area contributed by atoms with Crippen LogP contribution >= 0.6 is 0 Å². The summed E-state index contributed by atoms with van der Waals surface area (Å²) in [5.74, 6) is -0.225. The number of rotatable bonds is 5. The van der Waals surface area contributed by atoms with Crippen LogP contribution in [0.1, 0.15) is 21.5 Å². The quantitative estimate of drug-likeness (QED) is 0.830. The van der Waals surface area contributed by atoms with Gasteiger partial charge in [0.2, 0.25) is 0 Å². The van der Waals surface area contributed by atoms with E-state index < -0.39 is 5.97 Å². The number of benzene rings is 2. The number of hydrogen-bond acceptors (Lipinski definition) is 5. The number of carbonyl (C=O) groups excluding carboxylic acids is 1. The highest BCUT2D eigenvalue weighted by Gasteiger charge is 2.06.